The second-order valence-corrected chi connectivity index (χ2v) is 5.20. The number of hydrogen-bond acceptors (Lipinski definition) is 3. The van der Waals surface area contributed by atoms with Crippen LogP contribution < -0.4 is 4.90 Å². The molecule has 0 aliphatic carbocycles. The number of carbonyl (C=O) groups excluding carboxylic acids is 2. The number of aryl methyl sites for hydroxylation is 2. The Morgan fingerprint density at radius 1 is 1.33 bits per heavy atom. The topological polar surface area (TPSA) is 55.2 Å². The molecule has 5 nitrogen and oxygen atoms in total. The van der Waals surface area contributed by atoms with Gasteiger partial charge in [0.05, 0.1) is 5.56 Å². The third-order valence-electron chi connectivity index (χ3n) is 3.94. The van der Waals surface area contributed by atoms with Gasteiger partial charge < -0.3 is 4.90 Å². The molecule has 108 valence electrons. The Labute approximate surface area is 123 Å². The third-order valence-corrected chi connectivity index (χ3v) is 3.94. The first-order valence-corrected chi connectivity index (χ1v) is 7.06. The van der Waals surface area contributed by atoms with E-state index in [0.717, 1.165) is 36.1 Å². The van der Waals surface area contributed by atoms with E-state index >= 15 is 0 Å². The highest BCUT2D eigenvalue weighted by atomic mass is 16.2. The van der Waals surface area contributed by atoms with Crippen molar-refractivity contribution >= 4 is 17.9 Å². The van der Waals surface area contributed by atoms with E-state index in [0.29, 0.717) is 17.7 Å². The second kappa shape index (κ2) is 5.16. The van der Waals surface area contributed by atoms with Crippen LogP contribution in [0.25, 0.3) is 11.3 Å². The minimum absolute atomic E-state index is 0.138. The van der Waals surface area contributed by atoms with Crippen LogP contribution in [0.5, 0.6) is 0 Å². The lowest BCUT2D eigenvalue weighted by Crippen LogP contribution is -2.30. The van der Waals surface area contributed by atoms with Gasteiger partial charge in [-0.3, -0.25) is 14.3 Å². The molecule has 0 saturated heterocycles. The van der Waals surface area contributed by atoms with Crippen LogP contribution in [0.1, 0.15) is 29.3 Å². The van der Waals surface area contributed by atoms with Gasteiger partial charge in [-0.15, -0.1) is 0 Å². The molecule has 0 fully saturated rings. The van der Waals surface area contributed by atoms with Crippen LogP contribution in [-0.4, -0.2) is 29.0 Å². The summed E-state index contributed by atoms with van der Waals surface area (Å²) in [6.45, 7) is 2.71. The smallest absolute Gasteiger partial charge is 0.227 e. The van der Waals surface area contributed by atoms with Crippen molar-refractivity contribution in [3.8, 4) is 11.3 Å². The molecule has 2 heterocycles. The number of fused-ring (bicyclic) bond motifs is 1. The van der Waals surface area contributed by atoms with Gasteiger partial charge >= 0.3 is 0 Å². The molecule has 1 aromatic carbocycles. The Hall–Kier alpha value is -2.43. The molecule has 1 amide bonds. The Morgan fingerprint density at radius 2 is 2.14 bits per heavy atom. The van der Waals surface area contributed by atoms with Crippen molar-refractivity contribution in [3.05, 3.63) is 35.5 Å². The summed E-state index contributed by atoms with van der Waals surface area (Å²) in [6, 6.07) is 5.89. The predicted octanol–water partition coefficient (Wildman–Crippen LogP) is 2.29. The first kappa shape index (κ1) is 13.5. The molecule has 0 radical (unpaired) electrons. The highest BCUT2D eigenvalue weighted by molar-refractivity contribution is 5.96. The van der Waals surface area contributed by atoms with E-state index in [9.17, 15) is 9.59 Å². The number of aromatic nitrogens is 2. The molecule has 0 spiro atoms. The third kappa shape index (κ3) is 2.24. The van der Waals surface area contributed by atoms with Crippen LogP contribution in [0, 0.1) is 0 Å². The van der Waals surface area contributed by atoms with Crippen molar-refractivity contribution in [2.75, 3.05) is 11.9 Å². The van der Waals surface area contributed by atoms with Gasteiger partial charge in [-0.2, -0.15) is 5.10 Å². The van der Waals surface area contributed by atoms with Crippen LogP contribution in [0.2, 0.25) is 0 Å². The SMILES string of the molecule is CCn1cc(C=O)c(-c2ccc3c(c2)CCC(=O)N3C)n1. The number of aldehydes is 1. The van der Waals surface area contributed by atoms with Gasteiger partial charge in [0.2, 0.25) is 5.91 Å². The van der Waals surface area contributed by atoms with Crippen molar-refractivity contribution in [1.29, 1.82) is 0 Å². The maximum absolute atomic E-state index is 11.7. The Morgan fingerprint density at radius 3 is 2.86 bits per heavy atom. The van der Waals surface area contributed by atoms with Gasteiger partial charge in [-0.05, 0) is 31.0 Å². The number of carbonyl (C=O) groups is 2. The van der Waals surface area contributed by atoms with Crippen molar-refractivity contribution < 1.29 is 9.59 Å². The van der Waals surface area contributed by atoms with E-state index in [4.69, 9.17) is 0 Å². The van der Waals surface area contributed by atoms with Gasteiger partial charge in [-0.1, -0.05) is 6.07 Å². The monoisotopic (exact) mass is 283 g/mol. The van der Waals surface area contributed by atoms with Crippen molar-refractivity contribution in [2.45, 2.75) is 26.3 Å². The minimum Gasteiger partial charge on any atom is -0.315 e. The molecule has 0 saturated carbocycles. The van der Waals surface area contributed by atoms with Crippen molar-refractivity contribution in [2.24, 2.45) is 0 Å². The van der Waals surface area contributed by atoms with Gasteiger partial charge in [0.15, 0.2) is 6.29 Å². The first-order valence-electron chi connectivity index (χ1n) is 7.06. The molecule has 1 aliphatic rings. The van der Waals surface area contributed by atoms with E-state index < -0.39 is 0 Å². The first-order chi connectivity index (χ1) is 10.1. The molecule has 0 unspecified atom stereocenters. The fraction of sp³-hybridized carbons (Fsp3) is 0.312. The standard InChI is InChI=1S/C16H17N3O2/c1-3-19-9-13(10-20)16(17-19)12-4-6-14-11(8-12)5-7-15(21)18(14)2/h4,6,8-10H,3,5,7H2,1-2H3. The summed E-state index contributed by atoms with van der Waals surface area (Å²) in [5.41, 5.74) is 4.28. The molecule has 2 aromatic rings. The second-order valence-electron chi connectivity index (χ2n) is 5.20. The number of anilines is 1. The Balaban J connectivity index is 2.07. The van der Waals surface area contributed by atoms with E-state index in [2.05, 4.69) is 5.10 Å². The summed E-state index contributed by atoms with van der Waals surface area (Å²) < 4.78 is 1.76. The quantitative estimate of drug-likeness (QED) is 0.812. The van der Waals surface area contributed by atoms with Crippen LogP contribution in [0.3, 0.4) is 0 Å². The summed E-state index contributed by atoms with van der Waals surface area (Å²) in [7, 11) is 1.79. The molecular weight excluding hydrogens is 266 g/mol. The molecular formula is C16H17N3O2. The lowest BCUT2D eigenvalue weighted by atomic mass is 9.97. The maximum atomic E-state index is 11.7. The Bertz CT molecular complexity index is 718. The zero-order valence-electron chi connectivity index (χ0n) is 12.2. The van der Waals surface area contributed by atoms with Gasteiger partial charge in [0.1, 0.15) is 5.69 Å². The highest BCUT2D eigenvalue weighted by Gasteiger charge is 2.21. The van der Waals surface area contributed by atoms with Crippen LogP contribution in [-0.2, 0) is 17.8 Å². The zero-order valence-corrected chi connectivity index (χ0v) is 12.2. The molecule has 21 heavy (non-hydrogen) atoms. The summed E-state index contributed by atoms with van der Waals surface area (Å²) >= 11 is 0. The highest BCUT2D eigenvalue weighted by Crippen LogP contribution is 2.31. The van der Waals surface area contributed by atoms with E-state index in [1.807, 2.05) is 25.1 Å². The lowest BCUT2D eigenvalue weighted by molar-refractivity contribution is -0.118. The zero-order chi connectivity index (χ0) is 15.0. The number of nitrogens with zero attached hydrogens (tertiary/aromatic N) is 3. The Kier molecular flexibility index (Phi) is 3.33. The number of rotatable bonds is 3. The van der Waals surface area contributed by atoms with Crippen LogP contribution in [0.15, 0.2) is 24.4 Å². The van der Waals surface area contributed by atoms with Gasteiger partial charge in [0, 0.05) is 37.5 Å². The summed E-state index contributed by atoms with van der Waals surface area (Å²) in [4.78, 5) is 24.6. The number of amides is 1. The maximum Gasteiger partial charge on any atom is 0.227 e. The molecule has 3 rings (SSSR count). The molecule has 0 bridgehead atoms. The van der Waals surface area contributed by atoms with E-state index in [-0.39, 0.29) is 5.91 Å². The molecule has 5 heteroatoms. The van der Waals surface area contributed by atoms with Crippen LogP contribution >= 0.6 is 0 Å². The normalized spacial score (nSPS) is 14.2. The number of hydrogen-bond donors (Lipinski definition) is 0. The van der Waals surface area contributed by atoms with E-state index in [1.54, 1.807) is 22.8 Å². The fourth-order valence-electron chi connectivity index (χ4n) is 2.71. The van der Waals surface area contributed by atoms with E-state index in [1.165, 1.54) is 0 Å². The van der Waals surface area contributed by atoms with Gasteiger partial charge in [0.25, 0.3) is 0 Å². The summed E-state index contributed by atoms with van der Waals surface area (Å²) in [6.07, 6.45) is 3.86. The summed E-state index contributed by atoms with van der Waals surface area (Å²) in [5, 5.41) is 4.46. The molecule has 0 N–H and O–H groups in total. The fourth-order valence-corrected chi connectivity index (χ4v) is 2.71. The van der Waals surface area contributed by atoms with Crippen LogP contribution in [0.4, 0.5) is 5.69 Å². The minimum atomic E-state index is 0.138. The van der Waals surface area contributed by atoms with Crippen molar-refractivity contribution in [1.82, 2.24) is 9.78 Å². The predicted molar refractivity (Wildman–Crippen MR) is 80.5 cm³/mol. The van der Waals surface area contributed by atoms with Crippen molar-refractivity contribution in [3.63, 3.8) is 0 Å². The molecule has 0 atom stereocenters. The lowest BCUT2D eigenvalue weighted by Gasteiger charge is -2.26. The summed E-state index contributed by atoms with van der Waals surface area (Å²) in [5.74, 6) is 0.138. The molecule has 1 aromatic heterocycles. The number of benzene rings is 1. The average Bonchev–Trinajstić information content (AvgIpc) is 2.94. The largest absolute Gasteiger partial charge is 0.315 e. The van der Waals surface area contributed by atoms with Gasteiger partial charge in [-0.25, -0.2) is 0 Å². The average molecular weight is 283 g/mol. The molecule has 1 aliphatic heterocycles.